The third kappa shape index (κ3) is 3.87. The summed E-state index contributed by atoms with van der Waals surface area (Å²) in [6.07, 6.45) is 2.53. The summed E-state index contributed by atoms with van der Waals surface area (Å²) < 4.78 is 0.919. The molecule has 5 heteroatoms. The second kappa shape index (κ2) is 5.70. The molecule has 0 bridgehead atoms. The fourth-order valence-electron chi connectivity index (χ4n) is 1.23. The summed E-state index contributed by atoms with van der Waals surface area (Å²) in [5.41, 5.74) is 0. The maximum atomic E-state index is 10.3. The second-order valence-electron chi connectivity index (χ2n) is 3.23. The molecule has 1 heterocycles. The number of halogens is 1. The third-order valence-electron chi connectivity index (χ3n) is 1.98. The number of nitrogens with zero attached hydrogens (tertiary/aromatic N) is 2. The maximum absolute atomic E-state index is 10.3. The van der Waals surface area contributed by atoms with Crippen LogP contribution in [0.5, 0.6) is 0 Å². The highest BCUT2D eigenvalue weighted by molar-refractivity contribution is 9.10. The van der Waals surface area contributed by atoms with Gasteiger partial charge in [0.25, 0.3) is 0 Å². The fourth-order valence-corrected chi connectivity index (χ4v) is 1.79. The van der Waals surface area contributed by atoms with Crippen molar-refractivity contribution in [1.82, 2.24) is 4.98 Å². The molecular formula is C10H13BrN2O2. The predicted molar refractivity (Wildman–Crippen MR) is 62.1 cm³/mol. The molecule has 82 valence electrons. The van der Waals surface area contributed by atoms with Crippen molar-refractivity contribution >= 4 is 27.7 Å². The number of carboxylic acid groups (broad SMARTS) is 1. The van der Waals surface area contributed by atoms with Crippen LogP contribution in [0, 0.1) is 0 Å². The molecular weight excluding hydrogens is 260 g/mol. The lowest BCUT2D eigenvalue weighted by molar-refractivity contribution is -0.137. The van der Waals surface area contributed by atoms with Crippen LogP contribution < -0.4 is 4.90 Å². The summed E-state index contributed by atoms with van der Waals surface area (Å²) in [7, 11) is 1.90. The summed E-state index contributed by atoms with van der Waals surface area (Å²) >= 11 is 3.40. The van der Waals surface area contributed by atoms with Gasteiger partial charge >= 0.3 is 5.97 Å². The van der Waals surface area contributed by atoms with Gasteiger partial charge in [-0.2, -0.15) is 0 Å². The molecule has 0 aliphatic carbocycles. The van der Waals surface area contributed by atoms with Gasteiger partial charge in [0.1, 0.15) is 5.82 Å². The van der Waals surface area contributed by atoms with E-state index in [2.05, 4.69) is 20.9 Å². The first kappa shape index (κ1) is 12.0. The number of carbonyl (C=O) groups is 1. The van der Waals surface area contributed by atoms with E-state index in [1.807, 2.05) is 24.1 Å². The van der Waals surface area contributed by atoms with Crippen LogP contribution in [0.4, 0.5) is 5.82 Å². The Hall–Kier alpha value is -1.10. The van der Waals surface area contributed by atoms with Gasteiger partial charge in [-0.1, -0.05) is 0 Å². The predicted octanol–water partition coefficient (Wildman–Crippen LogP) is 2.15. The molecule has 0 atom stereocenters. The van der Waals surface area contributed by atoms with E-state index in [-0.39, 0.29) is 6.42 Å². The zero-order chi connectivity index (χ0) is 11.3. The van der Waals surface area contributed by atoms with Crippen molar-refractivity contribution in [3.8, 4) is 0 Å². The molecule has 0 unspecified atom stereocenters. The molecule has 0 fully saturated rings. The molecule has 1 aromatic rings. The van der Waals surface area contributed by atoms with Crippen molar-refractivity contribution in [3.63, 3.8) is 0 Å². The Morgan fingerprint density at radius 3 is 3.00 bits per heavy atom. The van der Waals surface area contributed by atoms with E-state index in [1.54, 1.807) is 6.20 Å². The Balaban J connectivity index is 2.50. The number of hydrogen-bond acceptors (Lipinski definition) is 3. The van der Waals surface area contributed by atoms with Crippen LogP contribution in [0.15, 0.2) is 22.8 Å². The van der Waals surface area contributed by atoms with Crippen molar-refractivity contribution in [2.24, 2.45) is 0 Å². The van der Waals surface area contributed by atoms with Crippen LogP contribution in [-0.2, 0) is 4.79 Å². The molecule has 4 nitrogen and oxygen atoms in total. The van der Waals surface area contributed by atoms with Gasteiger partial charge in [0.2, 0.25) is 0 Å². The number of rotatable bonds is 5. The molecule has 1 N–H and O–H groups in total. The average Bonchev–Trinajstić information content (AvgIpc) is 2.17. The number of aromatic nitrogens is 1. The molecule has 0 radical (unpaired) electrons. The Bertz CT molecular complexity index is 344. The van der Waals surface area contributed by atoms with E-state index in [0.29, 0.717) is 13.0 Å². The summed E-state index contributed by atoms with van der Waals surface area (Å²) in [6.45, 7) is 0.682. The minimum atomic E-state index is -0.761. The molecule has 1 aromatic heterocycles. The minimum absolute atomic E-state index is 0.189. The van der Waals surface area contributed by atoms with E-state index in [9.17, 15) is 4.79 Å². The van der Waals surface area contributed by atoms with Gasteiger partial charge in [0.05, 0.1) is 4.47 Å². The van der Waals surface area contributed by atoms with Gasteiger partial charge in [0.15, 0.2) is 0 Å². The molecule has 15 heavy (non-hydrogen) atoms. The standard InChI is InChI=1S/C10H13BrN2O2/c1-13(7-3-5-9(14)15)10-8(11)4-2-6-12-10/h2,4,6H,3,5,7H2,1H3,(H,14,15). The Morgan fingerprint density at radius 1 is 1.67 bits per heavy atom. The van der Waals surface area contributed by atoms with Crippen molar-refractivity contribution < 1.29 is 9.90 Å². The molecule has 0 spiro atoms. The first-order valence-electron chi connectivity index (χ1n) is 4.64. The van der Waals surface area contributed by atoms with Crippen molar-refractivity contribution in [3.05, 3.63) is 22.8 Å². The first-order valence-corrected chi connectivity index (χ1v) is 5.44. The highest BCUT2D eigenvalue weighted by atomic mass is 79.9. The van der Waals surface area contributed by atoms with E-state index in [4.69, 9.17) is 5.11 Å². The number of aliphatic carboxylic acids is 1. The molecule has 0 aliphatic heterocycles. The topological polar surface area (TPSA) is 53.4 Å². The van der Waals surface area contributed by atoms with Crippen LogP contribution in [-0.4, -0.2) is 29.7 Å². The summed E-state index contributed by atoms with van der Waals surface area (Å²) in [4.78, 5) is 16.5. The first-order chi connectivity index (χ1) is 7.11. The highest BCUT2D eigenvalue weighted by Crippen LogP contribution is 2.21. The monoisotopic (exact) mass is 272 g/mol. The average molecular weight is 273 g/mol. The Kier molecular flexibility index (Phi) is 4.55. The van der Waals surface area contributed by atoms with Crippen LogP contribution in [0.25, 0.3) is 0 Å². The molecule has 0 saturated carbocycles. The molecule has 0 aliphatic rings. The van der Waals surface area contributed by atoms with E-state index in [0.717, 1.165) is 10.3 Å². The third-order valence-corrected chi connectivity index (χ3v) is 2.60. The lowest BCUT2D eigenvalue weighted by atomic mass is 10.3. The molecule has 0 saturated heterocycles. The molecule has 0 amide bonds. The summed E-state index contributed by atoms with van der Waals surface area (Å²) in [5.74, 6) is 0.0753. The minimum Gasteiger partial charge on any atom is -0.481 e. The molecule has 1 rings (SSSR count). The summed E-state index contributed by atoms with van der Waals surface area (Å²) in [6, 6.07) is 3.76. The lowest BCUT2D eigenvalue weighted by Crippen LogP contribution is -2.20. The van der Waals surface area contributed by atoms with Crippen LogP contribution in [0.2, 0.25) is 0 Å². The normalized spacial score (nSPS) is 10.0. The lowest BCUT2D eigenvalue weighted by Gasteiger charge is -2.18. The fraction of sp³-hybridized carbons (Fsp3) is 0.400. The number of pyridine rings is 1. The highest BCUT2D eigenvalue weighted by Gasteiger charge is 2.06. The van der Waals surface area contributed by atoms with Crippen LogP contribution in [0.1, 0.15) is 12.8 Å². The SMILES string of the molecule is CN(CCCC(=O)O)c1ncccc1Br. The van der Waals surface area contributed by atoms with E-state index in [1.165, 1.54) is 0 Å². The smallest absolute Gasteiger partial charge is 0.303 e. The molecule has 0 aromatic carbocycles. The quantitative estimate of drug-likeness (QED) is 0.893. The Labute approximate surface area is 97.1 Å². The summed E-state index contributed by atoms with van der Waals surface area (Å²) in [5, 5.41) is 8.51. The number of carboxylic acids is 1. The number of hydrogen-bond donors (Lipinski definition) is 1. The van der Waals surface area contributed by atoms with Gasteiger partial charge < -0.3 is 10.0 Å². The number of anilines is 1. The van der Waals surface area contributed by atoms with E-state index >= 15 is 0 Å². The van der Waals surface area contributed by atoms with Gasteiger partial charge in [-0.15, -0.1) is 0 Å². The van der Waals surface area contributed by atoms with Crippen molar-refractivity contribution in [1.29, 1.82) is 0 Å². The van der Waals surface area contributed by atoms with Gasteiger partial charge in [0, 0.05) is 26.2 Å². The largest absolute Gasteiger partial charge is 0.481 e. The van der Waals surface area contributed by atoms with Crippen LogP contribution >= 0.6 is 15.9 Å². The maximum Gasteiger partial charge on any atom is 0.303 e. The van der Waals surface area contributed by atoms with Crippen molar-refractivity contribution in [2.75, 3.05) is 18.5 Å². The zero-order valence-corrected chi connectivity index (χ0v) is 10.1. The van der Waals surface area contributed by atoms with Gasteiger partial charge in [-0.05, 0) is 34.5 Å². The zero-order valence-electron chi connectivity index (χ0n) is 8.48. The Morgan fingerprint density at radius 2 is 2.40 bits per heavy atom. The van der Waals surface area contributed by atoms with E-state index < -0.39 is 5.97 Å². The van der Waals surface area contributed by atoms with Gasteiger partial charge in [-0.3, -0.25) is 4.79 Å². The van der Waals surface area contributed by atoms with Crippen LogP contribution in [0.3, 0.4) is 0 Å². The van der Waals surface area contributed by atoms with Crippen molar-refractivity contribution in [2.45, 2.75) is 12.8 Å². The second-order valence-corrected chi connectivity index (χ2v) is 4.08. The van der Waals surface area contributed by atoms with Gasteiger partial charge in [-0.25, -0.2) is 4.98 Å².